The SMILES string of the molecule is C1=CC2Nc3ccccc3C2C=C1C1=CCC2C(=C1)c1ccccc1N2c1ccccc1. The van der Waals surface area contributed by atoms with E-state index in [1.165, 1.54) is 44.9 Å². The molecule has 32 heavy (non-hydrogen) atoms. The second kappa shape index (κ2) is 6.86. The van der Waals surface area contributed by atoms with Crippen LogP contribution in [0.25, 0.3) is 5.57 Å². The van der Waals surface area contributed by atoms with Gasteiger partial charge in [-0.1, -0.05) is 78.9 Å². The van der Waals surface area contributed by atoms with Crippen molar-refractivity contribution < 1.29 is 0 Å². The van der Waals surface area contributed by atoms with Gasteiger partial charge in [-0.25, -0.2) is 0 Å². The molecule has 3 aromatic carbocycles. The van der Waals surface area contributed by atoms with Crippen LogP contribution in [0.5, 0.6) is 0 Å². The molecule has 0 spiro atoms. The highest BCUT2D eigenvalue weighted by Crippen LogP contribution is 2.49. The molecule has 3 atom stereocenters. The number of nitrogens with one attached hydrogen (secondary N) is 1. The fraction of sp³-hybridized carbons (Fsp3) is 0.133. The summed E-state index contributed by atoms with van der Waals surface area (Å²) in [6.07, 6.45) is 13.0. The highest BCUT2D eigenvalue weighted by molar-refractivity contribution is 5.94. The molecule has 0 fully saturated rings. The molecular formula is C30H24N2. The molecule has 3 aromatic rings. The van der Waals surface area contributed by atoms with Gasteiger partial charge in [0.15, 0.2) is 0 Å². The van der Waals surface area contributed by atoms with Crippen molar-refractivity contribution in [1.29, 1.82) is 0 Å². The summed E-state index contributed by atoms with van der Waals surface area (Å²) < 4.78 is 0. The van der Waals surface area contributed by atoms with Gasteiger partial charge in [-0.05, 0) is 59.0 Å². The van der Waals surface area contributed by atoms with Crippen LogP contribution in [-0.2, 0) is 0 Å². The maximum Gasteiger partial charge on any atom is 0.0633 e. The van der Waals surface area contributed by atoms with Crippen molar-refractivity contribution in [2.24, 2.45) is 0 Å². The zero-order valence-electron chi connectivity index (χ0n) is 17.8. The van der Waals surface area contributed by atoms with Crippen LogP contribution < -0.4 is 10.2 Å². The Morgan fingerprint density at radius 3 is 2.56 bits per heavy atom. The van der Waals surface area contributed by atoms with Crippen molar-refractivity contribution in [3.63, 3.8) is 0 Å². The van der Waals surface area contributed by atoms with Crippen LogP contribution in [0, 0.1) is 0 Å². The molecule has 0 saturated carbocycles. The molecule has 2 aliphatic heterocycles. The Labute approximate surface area is 188 Å². The summed E-state index contributed by atoms with van der Waals surface area (Å²) in [5.74, 6) is 0.403. The molecule has 2 nitrogen and oxygen atoms in total. The van der Waals surface area contributed by atoms with Gasteiger partial charge in [0.1, 0.15) is 0 Å². The predicted octanol–water partition coefficient (Wildman–Crippen LogP) is 6.99. The van der Waals surface area contributed by atoms with Crippen molar-refractivity contribution in [1.82, 2.24) is 0 Å². The number of fused-ring (bicyclic) bond motifs is 6. The molecule has 2 aliphatic carbocycles. The maximum absolute atomic E-state index is 3.66. The quantitative estimate of drug-likeness (QED) is 0.488. The van der Waals surface area contributed by atoms with Gasteiger partial charge in [0.2, 0.25) is 0 Å². The first-order valence-electron chi connectivity index (χ1n) is 11.5. The molecule has 2 heteroatoms. The van der Waals surface area contributed by atoms with E-state index in [1.807, 2.05) is 0 Å². The fourth-order valence-corrected chi connectivity index (χ4v) is 5.79. The highest BCUT2D eigenvalue weighted by atomic mass is 15.2. The molecule has 0 radical (unpaired) electrons. The topological polar surface area (TPSA) is 15.3 Å². The molecule has 7 rings (SSSR count). The van der Waals surface area contributed by atoms with Crippen molar-refractivity contribution in [3.05, 3.63) is 132 Å². The molecular weight excluding hydrogens is 388 g/mol. The van der Waals surface area contributed by atoms with Crippen molar-refractivity contribution in [2.45, 2.75) is 24.4 Å². The van der Waals surface area contributed by atoms with E-state index < -0.39 is 0 Å². The average Bonchev–Trinajstić information content (AvgIpc) is 3.39. The number of hydrogen-bond donors (Lipinski definition) is 1. The number of para-hydroxylation sites is 3. The first-order valence-corrected chi connectivity index (χ1v) is 11.5. The number of anilines is 3. The lowest BCUT2D eigenvalue weighted by Crippen LogP contribution is -2.27. The van der Waals surface area contributed by atoms with Crippen LogP contribution in [0.3, 0.4) is 0 Å². The van der Waals surface area contributed by atoms with E-state index in [0.717, 1.165) is 6.42 Å². The van der Waals surface area contributed by atoms with Crippen LogP contribution in [0.1, 0.15) is 23.5 Å². The van der Waals surface area contributed by atoms with Crippen molar-refractivity contribution >= 4 is 22.6 Å². The summed E-state index contributed by atoms with van der Waals surface area (Å²) in [5, 5.41) is 3.66. The fourth-order valence-electron chi connectivity index (χ4n) is 5.79. The molecule has 0 aromatic heterocycles. The minimum atomic E-state index is 0.355. The molecule has 154 valence electrons. The highest BCUT2D eigenvalue weighted by Gasteiger charge is 2.36. The first-order chi connectivity index (χ1) is 15.9. The van der Waals surface area contributed by atoms with Crippen LogP contribution in [0.4, 0.5) is 17.1 Å². The van der Waals surface area contributed by atoms with Crippen LogP contribution in [0.2, 0.25) is 0 Å². The van der Waals surface area contributed by atoms with Gasteiger partial charge >= 0.3 is 0 Å². The largest absolute Gasteiger partial charge is 0.378 e. The zero-order valence-corrected chi connectivity index (χ0v) is 17.8. The van der Waals surface area contributed by atoms with Gasteiger partial charge < -0.3 is 10.2 Å². The lowest BCUT2D eigenvalue weighted by atomic mass is 9.83. The lowest BCUT2D eigenvalue weighted by molar-refractivity contribution is 0.795. The Morgan fingerprint density at radius 2 is 1.62 bits per heavy atom. The summed E-state index contributed by atoms with van der Waals surface area (Å²) in [4.78, 5) is 2.51. The number of allylic oxidation sites excluding steroid dienone is 4. The van der Waals surface area contributed by atoms with Crippen LogP contribution in [-0.4, -0.2) is 12.1 Å². The maximum atomic E-state index is 3.66. The van der Waals surface area contributed by atoms with Gasteiger partial charge in [-0.3, -0.25) is 0 Å². The number of benzene rings is 3. The summed E-state index contributed by atoms with van der Waals surface area (Å²) in [7, 11) is 0. The third kappa shape index (κ3) is 2.59. The lowest BCUT2D eigenvalue weighted by Gasteiger charge is -2.30. The van der Waals surface area contributed by atoms with Crippen LogP contribution >= 0.6 is 0 Å². The minimum Gasteiger partial charge on any atom is -0.378 e. The van der Waals surface area contributed by atoms with E-state index in [1.54, 1.807) is 0 Å². The van der Waals surface area contributed by atoms with E-state index in [-0.39, 0.29) is 0 Å². The number of nitrogens with zero attached hydrogens (tertiary/aromatic N) is 1. The number of hydrogen-bond acceptors (Lipinski definition) is 2. The first kappa shape index (κ1) is 17.9. The molecule has 0 bridgehead atoms. The Morgan fingerprint density at radius 1 is 0.812 bits per heavy atom. The van der Waals surface area contributed by atoms with Gasteiger partial charge in [-0.15, -0.1) is 0 Å². The molecule has 2 heterocycles. The Balaban J connectivity index is 1.28. The predicted molar refractivity (Wildman–Crippen MR) is 133 cm³/mol. The summed E-state index contributed by atoms with van der Waals surface area (Å²) in [5.41, 5.74) is 10.7. The average molecular weight is 413 g/mol. The van der Waals surface area contributed by atoms with Gasteiger partial charge in [0.05, 0.1) is 12.1 Å². The van der Waals surface area contributed by atoms with E-state index in [0.29, 0.717) is 18.0 Å². The smallest absolute Gasteiger partial charge is 0.0633 e. The minimum absolute atomic E-state index is 0.355. The third-order valence-corrected chi connectivity index (χ3v) is 7.26. The normalized spacial score (nSPS) is 24.4. The number of rotatable bonds is 2. The monoisotopic (exact) mass is 412 g/mol. The zero-order chi connectivity index (χ0) is 21.1. The van der Waals surface area contributed by atoms with E-state index in [9.17, 15) is 0 Å². The third-order valence-electron chi connectivity index (χ3n) is 7.26. The Hall–Kier alpha value is -3.78. The van der Waals surface area contributed by atoms with E-state index in [2.05, 4.69) is 119 Å². The van der Waals surface area contributed by atoms with E-state index in [4.69, 9.17) is 0 Å². The Bertz CT molecular complexity index is 1340. The standard InChI is InChI=1S/C30H24N2/c1-2-8-22(9-3-1)32-29-13-7-5-11-24(29)26-19-21(15-17-30(26)32)20-14-16-28-25(18-20)23-10-4-6-12-27(23)31-28/h1-16,18-19,25,28,30-31H,17H2. The molecule has 0 saturated heterocycles. The van der Waals surface area contributed by atoms with Gasteiger partial charge in [0.25, 0.3) is 0 Å². The molecule has 4 aliphatic rings. The summed E-state index contributed by atoms with van der Waals surface area (Å²) in [6, 6.07) is 29.1. The molecule has 0 amide bonds. The second-order valence-electron chi connectivity index (χ2n) is 9.00. The van der Waals surface area contributed by atoms with Crippen molar-refractivity contribution in [3.8, 4) is 0 Å². The molecule has 1 N–H and O–H groups in total. The summed E-state index contributed by atoms with van der Waals surface area (Å²) >= 11 is 0. The van der Waals surface area contributed by atoms with Crippen LogP contribution in [0.15, 0.2) is 120 Å². The van der Waals surface area contributed by atoms with Gasteiger partial charge in [-0.2, -0.15) is 0 Å². The Kier molecular flexibility index (Phi) is 3.83. The second-order valence-corrected chi connectivity index (χ2v) is 9.00. The van der Waals surface area contributed by atoms with Gasteiger partial charge in [0, 0.05) is 28.5 Å². The summed E-state index contributed by atoms with van der Waals surface area (Å²) in [6.45, 7) is 0. The van der Waals surface area contributed by atoms with Crippen molar-refractivity contribution in [2.75, 3.05) is 10.2 Å². The molecule has 3 unspecified atom stereocenters. The van der Waals surface area contributed by atoms with E-state index >= 15 is 0 Å².